The number of halogens is 4. The number of hydrogen-bond donors (Lipinski definition) is 1. The van der Waals surface area contributed by atoms with Gasteiger partial charge in [-0.05, 0) is 55.0 Å². The van der Waals surface area contributed by atoms with Crippen molar-refractivity contribution in [2.45, 2.75) is 24.2 Å². The van der Waals surface area contributed by atoms with Crippen molar-refractivity contribution in [2.75, 3.05) is 11.9 Å². The van der Waals surface area contributed by atoms with E-state index in [4.69, 9.17) is 4.74 Å². The fraction of sp³-hybridized carbons (Fsp3) is 0.200. The molecule has 30 heavy (non-hydrogen) atoms. The van der Waals surface area contributed by atoms with Crippen LogP contribution in [0.3, 0.4) is 0 Å². The van der Waals surface area contributed by atoms with Gasteiger partial charge in [0.05, 0.1) is 6.61 Å². The number of nitriles is 1. The number of alkyl halides is 4. The Kier molecular flexibility index (Phi) is 8.55. The van der Waals surface area contributed by atoms with Gasteiger partial charge in [0.15, 0.2) is 11.5 Å². The summed E-state index contributed by atoms with van der Waals surface area (Å²) in [7, 11) is 0. The van der Waals surface area contributed by atoms with Crippen LogP contribution in [0.1, 0.15) is 12.5 Å². The Hall–Kier alpha value is -3.19. The van der Waals surface area contributed by atoms with Crippen molar-refractivity contribution in [1.29, 1.82) is 5.26 Å². The van der Waals surface area contributed by atoms with Crippen molar-refractivity contribution in [2.24, 2.45) is 0 Å². The van der Waals surface area contributed by atoms with Gasteiger partial charge < -0.3 is 14.8 Å². The molecule has 0 aliphatic carbocycles. The largest absolute Gasteiger partial charge is 0.490 e. The van der Waals surface area contributed by atoms with E-state index in [2.05, 4.69) is 10.1 Å². The summed E-state index contributed by atoms with van der Waals surface area (Å²) >= 11 is 0.370. The van der Waals surface area contributed by atoms with Crippen molar-refractivity contribution < 1.29 is 31.8 Å². The summed E-state index contributed by atoms with van der Waals surface area (Å²) in [5, 5.41) is 11.8. The lowest BCUT2D eigenvalue weighted by Gasteiger charge is -2.12. The Bertz CT molecular complexity index is 944. The number of nitrogens with one attached hydrogen (secondary N) is 1. The van der Waals surface area contributed by atoms with Crippen LogP contribution in [-0.2, 0) is 4.79 Å². The lowest BCUT2D eigenvalue weighted by Crippen LogP contribution is -2.13. The second-order valence-electron chi connectivity index (χ2n) is 5.54. The first-order chi connectivity index (χ1) is 14.3. The van der Waals surface area contributed by atoms with E-state index in [1.807, 2.05) is 0 Å². The zero-order valence-corrected chi connectivity index (χ0v) is 16.4. The molecule has 0 heterocycles. The van der Waals surface area contributed by atoms with E-state index in [0.717, 1.165) is 0 Å². The zero-order valence-electron chi connectivity index (χ0n) is 15.6. The highest BCUT2D eigenvalue weighted by Gasteiger charge is 2.14. The standard InChI is InChI=1S/C20H16F4N2O3S/c1-2-28-17-10-12(3-8-16(17)29-19(21)22)9-13(11-25)18(27)26-14-4-6-15(7-5-14)30-20(23)24/h3-10,19-20H,2H2,1H3,(H,26,27)/b13-9-. The second kappa shape index (κ2) is 11.1. The molecule has 10 heteroatoms. The van der Waals surface area contributed by atoms with Crippen molar-refractivity contribution in [1.82, 2.24) is 0 Å². The van der Waals surface area contributed by atoms with Gasteiger partial charge in [-0.15, -0.1) is 0 Å². The van der Waals surface area contributed by atoms with E-state index in [9.17, 15) is 27.6 Å². The van der Waals surface area contributed by atoms with E-state index < -0.39 is 18.3 Å². The first-order valence-corrected chi connectivity index (χ1v) is 9.40. The van der Waals surface area contributed by atoms with Gasteiger partial charge >= 0.3 is 6.61 Å². The van der Waals surface area contributed by atoms with Crippen LogP contribution >= 0.6 is 11.8 Å². The fourth-order valence-electron chi connectivity index (χ4n) is 2.31. The van der Waals surface area contributed by atoms with Gasteiger partial charge in [-0.2, -0.15) is 22.8 Å². The average Bonchev–Trinajstić information content (AvgIpc) is 2.69. The Morgan fingerprint density at radius 1 is 1.17 bits per heavy atom. The summed E-state index contributed by atoms with van der Waals surface area (Å²) in [5.74, 6) is -3.42. The molecule has 5 nitrogen and oxygen atoms in total. The molecule has 2 aromatic carbocycles. The third kappa shape index (κ3) is 7.00. The van der Waals surface area contributed by atoms with Crippen LogP contribution in [0.5, 0.6) is 11.5 Å². The monoisotopic (exact) mass is 440 g/mol. The van der Waals surface area contributed by atoms with E-state index in [1.165, 1.54) is 48.5 Å². The Labute approximate surface area is 174 Å². The van der Waals surface area contributed by atoms with Gasteiger partial charge in [-0.25, -0.2) is 0 Å². The van der Waals surface area contributed by atoms with Crippen LogP contribution in [0, 0.1) is 11.3 Å². The van der Waals surface area contributed by atoms with Crippen LogP contribution < -0.4 is 14.8 Å². The van der Waals surface area contributed by atoms with Crippen LogP contribution in [0.25, 0.3) is 6.08 Å². The number of amides is 1. The molecule has 158 valence electrons. The van der Waals surface area contributed by atoms with Crippen LogP contribution in [0.2, 0.25) is 0 Å². The number of carbonyl (C=O) groups excluding carboxylic acids is 1. The normalized spacial score (nSPS) is 11.3. The smallest absolute Gasteiger partial charge is 0.387 e. The molecule has 0 aromatic heterocycles. The summed E-state index contributed by atoms with van der Waals surface area (Å²) in [6.45, 7) is -1.18. The minimum absolute atomic E-state index is 0.0383. The summed E-state index contributed by atoms with van der Waals surface area (Å²) in [4.78, 5) is 12.7. The van der Waals surface area contributed by atoms with Crippen LogP contribution in [0.4, 0.5) is 23.2 Å². The highest BCUT2D eigenvalue weighted by molar-refractivity contribution is 7.99. The van der Waals surface area contributed by atoms with Crippen molar-refractivity contribution >= 4 is 29.4 Å². The average molecular weight is 440 g/mol. The lowest BCUT2D eigenvalue weighted by atomic mass is 10.1. The summed E-state index contributed by atoms with van der Waals surface area (Å²) in [6, 6.07) is 11.5. The van der Waals surface area contributed by atoms with Gasteiger partial charge in [-0.3, -0.25) is 4.79 Å². The molecule has 0 radical (unpaired) electrons. The maximum absolute atomic E-state index is 12.5. The number of carbonyl (C=O) groups is 1. The third-order valence-electron chi connectivity index (χ3n) is 3.50. The van der Waals surface area contributed by atoms with Gasteiger partial charge in [0, 0.05) is 10.6 Å². The van der Waals surface area contributed by atoms with Crippen molar-refractivity contribution in [3.63, 3.8) is 0 Å². The van der Waals surface area contributed by atoms with E-state index in [1.54, 1.807) is 13.0 Å². The lowest BCUT2D eigenvalue weighted by molar-refractivity contribution is -0.112. The fourth-order valence-corrected chi connectivity index (χ4v) is 2.81. The highest BCUT2D eigenvalue weighted by atomic mass is 32.2. The molecular weight excluding hydrogens is 424 g/mol. The SMILES string of the molecule is CCOc1cc(/C=C(/C#N)C(=O)Nc2ccc(SC(F)F)cc2)ccc1OC(F)F. The predicted molar refractivity (Wildman–Crippen MR) is 105 cm³/mol. The molecule has 0 saturated carbocycles. The van der Waals surface area contributed by atoms with E-state index >= 15 is 0 Å². The van der Waals surface area contributed by atoms with Crippen molar-refractivity contribution in [3.05, 3.63) is 53.6 Å². The molecule has 0 spiro atoms. The third-order valence-corrected chi connectivity index (χ3v) is 4.22. The molecule has 1 N–H and O–H groups in total. The minimum atomic E-state index is -3.03. The number of nitrogens with zero attached hydrogens (tertiary/aromatic N) is 1. The first kappa shape index (κ1) is 23.1. The first-order valence-electron chi connectivity index (χ1n) is 8.52. The maximum Gasteiger partial charge on any atom is 0.387 e. The topological polar surface area (TPSA) is 71.3 Å². The Morgan fingerprint density at radius 2 is 1.87 bits per heavy atom. The number of benzene rings is 2. The summed E-state index contributed by atoms with van der Waals surface area (Å²) in [6.07, 6.45) is 1.25. The number of thioether (sulfide) groups is 1. The molecule has 0 unspecified atom stereocenters. The second-order valence-corrected chi connectivity index (χ2v) is 6.61. The number of hydrogen-bond acceptors (Lipinski definition) is 5. The molecule has 0 aliphatic rings. The van der Waals surface area contributed by atoms with Gasteiger partial charge in [0.25, 0.3) is 11.7 Å². The molecule has 0 aliphatic heterocycles. The zero-order chi connectivity index (χ0) is 22.1. The summed E-state index contributed by atoms with van der Waals surface area (Å²) < 4.78 is 59.3. The molecule has 0 saturated heterocycles. The molecule has 0 atom stereocenters. The minimum Gasteiger partial charge on any atom is -0.490 e. The van der Waals surface area contributed by atoms with Crippen LogP contribution in [0.15, 0.2) is 52.9 Å². The van der Waals surface area contributed by atoms with Crippen molar-refractivity contribution in [3.8, 4) is 17.6 Å². The van der Waals surface area contributed by atoms with Gasteiger partial charge in [-0.1, -0.05) is 17.8 Å². The predicted octanol–water partition coefficient (Wildman–Crippen LogP) is 5.55. The Balaban J connectivity index is 2.18. The number of anilines is 1. The molecular formula is C20H16F4N2O3S. The molecule has 0 fully saturated rings. The quantitative estimate of drug-likeness (QED) is 0.240. The highest BCUT2D eigenvalue weighted by Crippen LogP contribution is 2.31. The number of rotatable bonds is 9. The molecule has 2 rings (SSSR count). The van der Waals surface area contributed by atoms with E-state index in [-0.39, 0.29) is 23.7 Å². The molecule has 1 amide bonds. The van der Waals surface area contributed by atoms with E-state index in [0.29, 0.717) is 27.9 Å². The van der Waals surface area contributed by atoms with Crippen LogP contribution in [-0.4, -0.2) is 24.9 Å². The molecule has 2 aromatic rings. The molecule has 0 bridgehead atoms. The summed E-state index contributed by atoms with van der Waals surface area (Å²) in [5.41, 5.74) is 0.414. The van der Waals surface area contributed by atoms with Gasteiger partial charge in [0.2, 0.25) is 0 Å². The van der Waals surface area contributed by atoms with Gasteiger partial charge in [0.1, 0.15) is 11.6 Å². The number of ether oxygens (including phenoxy) is 2. The Morgan fingerprint density at radius 3 is 2.43 bits per heavy atom. The maximum atomic E-state index is 12.5.